The van der Waals surface area contributed by atoms with Gasteiger partial charge in [0.25, 0.3) is 5.91 Å². The molecule has 3 rings (SSSR count). The molecule has 1 amide bonds. The van der Waals surface area contributed by atoms with Crippen LogP contribution in [0.15, 0.2) is 48.7 Å². The smallest absolute Gasteiger partial charge is 0.250 e. The molecule has 2 heterocycles. The number of aromatic nitrogens is 3. The van der Waals surface area contributed by atoms with E-state index in [2.05, 4.69) is 15.2 Å². The van der Waals surface area contributed by atoms with Gasteiger partial charge < -0.3 is 5.73 Å². The van der Waals surface area contributed by atoms with E-state index in [1.54, 1.807) is 18.3 Å². The Bertz CT molecular complexity index is 794. The summed E-state index contributed by atoms with van der Waals surface area (Å²) in [5.41, 5.74) is 10.0. The van der Waals surface area contributed by atoms with E-state index >= 15 is 0 Å². The van der Waals surface area contributed by atoms with Crippen molar-refractivity contribution >= 4 is 5.91 Å². The zero-order valence-corrected chi connectivity index (χ0v) is 11.5. The first kappa shape index (κ1) is 13.1. The molecule has 0 atom stereocenters. The van der Waals surface area contributed by atoms with Crippen molar-refractivity contribution in [3.63, 3.8) is 0 Å². The number of aryl methyl sites for hydroxylation is 1. The summed E-state index contributed by atoms with van der Waals surface area (Å²) >= 11 is 0. The molecule has 0 spiro atoms. The van der Waals surface area contributed by atoms with Gasteiger partial charge in [-0.15, -0.1) is 0 Å². The van der Waals surface area contributed by atoms with Crippen LogP contribution in [-0.2, 0) is 0 Å². The Labute approximate surface area is 121 Å². The Hall–Kier alpha value is -2.95. The Balaban J connectivity index is 2.15. The molecular weight excluding hydrogens is 264 g/mol. The Kier molecular flexibility index (Phi) is 3.23. The molecule has 0 fully saturated rings. The molecule has 5 nitrogen and oxygen atoms in total. The minimum Gasteiger partial charge on any atom is -0.366 e. The minimum absolute atomic E-state index is 0.419. The van der Waals surface area contributed by atoms with Crippen LogP contribution >= 0.6 is 0 Å². The second-order valence-electron chi connectivity index (χ2n) is 4.76. The Morgan fingerprint density at radius 2 is 1.95 bits per heavy atom. The molecule has 0 saturated heterocycles. The number of primary amides is 1. The molecule has 21 heavy (non-hydrogen) atoms. The lowest BCUT2D eigenvalue weighted by atomic mass is 10.0. The second kappa shape index (κ2) is 5.20. The molecular formula is C16H14N4O. The normalized spacial score (nSPS) is 10.5. The van der Waals surface area contributed by atoms with Crippen molar-refractivity contribution in [1.29, 1.82) is 0 Å². The summed E-state index contributed by atoms with van der Waals surface area (Å²) in [6.45, 7) is 1.88. The van der Waals surface area contributed by atoms with Crippen molar-refractivity contribution in [3.8, 4) is 22.5 Å². The highest BCUT2D eigenvalue weighted by atomic mass is 16.1. The van der Waals surface area contributed by atoms with Crippen molar-refractivity contribution in [3.05, 3.63) is 59.9 Å². The maximum atomic E-state index is 11.6. The number of pyridine rings is 1. The summed E-state index contributed by atoms with van der Waals surface area (Å²) < 4.78 is 0. The number of aromatic amines is 1. The van der Waals surface area contributed by atoms with Crippen LogP contribution in [0.5, 0.6) is 0 Å². The fraction of sp³-hybridized carbons (Fsp3) is 0.0625. The van der Waals surface area contributed by atoms with Crippen molar-refractivity contribution in [2.45, 2.75) is 6.92 Å². The quantitative estimate of drug-likeness (QED) is 0.772. The van der Waals surface area contributed by atoms with E-state index in [1.807, 2.05) is 37.3 Å². The van der Waals surface area contributed by atoms with Crippen molar-refractivity contribution in [2.75, 3.05) is 0 Å². The predicted octanol–water partition coefficient (Wildman–Crippen LogP) is 2.55. The number of nitrogens with two attached hydrogens (primary N) is 1. The summed E-state index contributed by atoms with van der Waals surface area (Å²) in [6.07, 6.45) is 1.70. The van der Waals surface area contributed by atoms with Gasteiger partial charge in [0.05, 0.1) is 17.0 Å². The van der Waals surface area contributed by atoms with Crippen LogP contribution < -0.4 is 5.73 Å². The number of nitrogens with one attached hydrogen (secondary N) is 1. The molecule has 0 unspecified atom stereocenters. The lowest BCUT2D eigenvalue weighted by Gasteiger charge is -2.08. The number of carbonyl (C=O) groups is 1. The van der Waals surface area contributed by atoms with Gasteiger partial charge in [0.2, 0.25) is 0 Å². The highest BCUT2D eigenvalue weighted by molar-refractivity contribution is 5.99. The average Bonchev–Trinajstić information content (AvgIpc) is 3.01. The van der Waals surface area contributed by atoms with E-state index in [0.717, 1.165) is 22.5 Å². The summed E-state index contributed by atoms with van der Waals surface area (Å²) in [6, 6.07) is 13.1. The van der Waals surface area contributed by atoms with Crippen LogP contribution in [-0.4, -0.2) is 21.1 Å². The third-order valence-electron chi connectivity index (χ3n) is 3.25. The van der Waals surface area contributed by atoms with Gasteiger partial charge in [-0.2, -0.15) is 5.10 Å². The first-order chi connectivity index (χ1) is 10.1. The lowest BCUT2D eigenvalue weighted by Crippen LogP contribution is -2.13. The average molecular weight is 278 g/mol. The number of nitrogens with zero attached hydrogens (tertiary/aromatic N) is 2. The van der Waals surface area contributed by atoms with E-state index in [9.17, 15) is 4.79 Å². The van der Waals surface area contributed by atoms with Crippen LogP contribution in [0, 0.1) is 6.92 Å². The number of rotatable bonds is 3. The van der Waals surface area contributed by atoms with Crippen LogP contribution in [0.25, 0.3) is 22.5 Å². The summed E-state index contributed by atoms with van der Waals surface area (Å²) in [7, 11) is 0. The number of carbonyl (C=O) groups excluding carboxylic acids is 1. The third-order valence-corrected chi connectivity index (χ3v) is 3.25. The lowest BCUT2D eigenvalue weighted by molar-refractivity contribution is 0.100. The van der Waals surface area contributed by atoms with E-state index in [-0.39, 0.29) is 0 Å². The van der Waals surface area contributed by atoms with E-state index in [0.29, 0.717) is 11.3 Å². The maximum absolute atomic E-state index is 11.6. The Morgan fingerprint density at radius 3 is 2.67 bits per heavy atom. The number of hydrogen-bond donors (Lipinski definition) is 2. The molecule has 3 aromatic rings. The van der Waals surface area contributed by atoms with Crippen molar-refractivity contribution in [2.24, 2.45) is 5.73 Å². The van der Waals surface area contributed by atoms with Crippen molar-refractivity contribution < 1.29 is 4.79 Å². The zero-order valence-electron chi connectivity index (χ0n) is 11.5. The number of amides is 1. The first-order valence-corrected chi connectivity index (χ1v) is 6.53. The summed E-state index contributed by atoms with van der Waals surface area (Å²) in [5, 5.41) is 6.86. The van der Waals surface area contributed by atoms with E-state index in [1.165, 1.54) is 0 Å². The summed E-state index contributed by atoms with van der Waals surface area (Å²) in [5.74, 6) is -0.482. The molecule has 104 valence electrons. The van der Waals surface area contributed by atoms with Gasteiger partial charge in [0.15, 0.2) is 0 Å². The largest absolute Gasteiger partial charge is 0.366 e. The first-order valence-electron chi connectivity index (χ1n) is 6.53. The molecule has 5 heteroatoms. The van der Waals surface area contributed by atoms with Gasteiger partial charge in [-0.05, 0) is 31.2 Å². The minimum atomic E-state index is -0.482. The molecule has 0 saturated carbocycles. The molecule has 0 aliphatic heterocycles. The monoisotopic (exact) mass is 278 g/mol. The standard InChI is InChI=1S/C16H14N4O/c1-10-5-6-13(16(17)21)15(19-10)12-4-2-3-11(9-12)14-7-8-18-20-14/h2-9H,1H3,(H2,17,21)(H,18,20). The van der Waals surface area contributed by atoms with Crippen LogP contribution in [0.1, 0.15) is 16.1 Å². The molecule has 1 aromatic carbocycles. The van der Waals surface area contributed by atoms with Crippen LogP contribution in [0.3, 0.4) is 0 Å². The van der Waals surface area contributed by atoms with Crippen LogP contribution in [0.2, 0.25) is 0 Å². The van der Waals surface area contributed by atoms with Gasteiger partial charge in [-0.25, -0.2) is 0 Å². The van der Waals surface area contributed by atoms with Gasteiger partial charge >= 0.3 is 0 Å². The van der Waals surface area contributed by atoms with Gasteiger partial charge in [0, 0.05) is 23.0 Å². The van der Waals surface area contributed by atoms with E-state index in [4.69, 9.17) is 5.73 Å². The number of benzene rings is 1. The molecule has 0 aliphatic carbocycles. The fourth-order valence-corrected chi connectivity index (χ4v) is 2.23. The van der Waals surface area contributed by atoms with Crippen LogP contribution in [0.4, 0.5) is 0 Å². The van der Waals surface area contributed by atoms with Gasteiger partial charge in [-0.1, -0.05) is 18.2 Å². The molecule has 0 aliphatic rings. The van der Waals surface area contributed by atoms with E-state index < -0.39 is 5.91 Å². The fourth-order valence-electron chi connectivity index (χ4n) is 2.23. The summed E-state index contributed by atoms with van der Waals surface area (Å²) in [4.78, 5) is 16.0. The highest BCUT2D eigenvalue weighted by Crippen LogP contribution is 2.26. The van der Waals surface area contributed by atoms with Gasteiger partial charge in [0.1, 0.15) is 0 Å². The van der Waals surface area contributed by atoms with Gasteiger partial charge in [-0.3, -0.25) is 14.9 Å². The molecule has 0 bridgehead atoms. The molecule has 3 N–H and O–H groups in total. The molecule has 2 aromatic heterocycles. The predicted molar refractivity (Wildman–Crippen MR) is 80.5 cm³/mol. The highest BCUT2D eigenvalue weighted by Gasteiger charge is 2.12. The van der Waals surface area contributed by atoms with Crippen molar-refractivity contribution in [1.82, 2.24) is 15.2 Å². The third kappa shape index (κ3) is 2.53. The topological polar surface area (TPSA) is 84.7 Å². The Morgan fingerprint density at radius 1 is 1.14 bits per heavy atom. The maximum Gasteiger partial charge on any atom is 0.250 e. The number of H-pyrrole nitrogens is 1. The number of hydrogen-bond acceptors (Lipinski definition) is 3. The zero-order chi connectivity index (χ0) is 14.8. The SMILES string of the molecule is Cc1ccc(C(N)=O)c(-c2cccc(-c3ccn[nH]3)c2)n1. The molecule has 0 radical (unpaired) electrons. The second-order valence-corrected chi connectivity index (χ2v) is 4.76.